The molecule has 1 aliphatic rings. The molecule has 3 heterocycles. The van der Waals surface area contributed by atoms with E-state index in [4.69, 9.17) is 4.74 Å². The molecule has 24 heavy (non-hydrogen) atoms. The lowest BCUT2D eigenvalue weighted by Gasteiger charge is -2.34. The lowest BCUT2D eigenvalue weighted by Crippen LogP contribution is -2.43. The number of aryl methyl sites for hydroxylation is 1. The number of amides is 1. The molecular formula is C17H21N3O3S. The Bertz CT molecular complexity index is 736. The van der Waals surface area contributed by atoms with Crippen molar-refractivity contribution in [3.63, 3.8) is 0 Å². The van der Waals surface area contributed by atoms with E-state index in [1.165, 1.54) is 10.9 Å². The summed E-state index contributed by atoms with van der Waals surface area (Å²) < 4.78 is 5.42. The lowest BCUT2D eigenvalue weighted by atomic mass is 10.1. The van der Waals surface area contributed by atoms with Crippen molar-refractivity contribution in [2.75, 3.05) is 32.8 Å². The van der Waals surface area contributed by atoms with Crippen LogP contribution in [0.1, 0.15) is 27.0 Å². The van der Waals surface area contributed by atoms with Crippen LogP contribution >= 0.6 is 11.3 Å². The highest BCUT2D eigenvalue weighted by atomic mass is 32.1. The molecule has 1 saturated heterocycles. The van der Waals surface area contributed by atoms with E-state index in [0.29, 0.717) is 25.5 Å². The van der Waals surface area contributed by atoms with Gasteiger partial charge in [0, 0.05) is 30.6 Å². The Morgan fingerprint density at radius 3 is 2.88 bits per heavy atom. The first kappa shape index (κ1) is 16.9. The van der Waals surface area contributed by atoms with Crippen molar-refractivity contribution in [1.29, 1.82) is 0 Å². The van der Waals surface area contributed by atoms with Crippen LogP contribution in [0.3, 0.4) is 0 Å². The molecule has 1 fully saturated rings. The lowest BCUT2D eigenvalue weighted by molar-refractivity contribution is 0.0169. The van der Waals surface area contributed by atoms with Crippen LogP contribution in [0.2, 0.25) is 0 Å². The topological polar surface area (TPSA) is 74.4 Å². The molecule has 2 aromatic rings. The Labute approximate surface area is 144 Å². The predicted octanol–water partition coefficient (Wildman–Crippen LogP) is 1.55. The number of morpholine rings is 1. The summed E-state index contributed by atoms with van der Waals surface area (Å²) in [6, 6.07) is 7.39. The van der Waals surface area contributed by atoms with Gasteiger partial charge in [0.2, 0.25) is 5.56 Å². The van der Waals surface area contributed by atoms with Crippen LogP contribution in [0.25, 0.3) is 0 Å². The third kappa shape index (κ3) is 4.11. The zero-order valence-corrected chi connectivity index (χ0v) is 14.4. The number of nitrogens with one attached hydrogen (secondary N) is 2. The Hall–Kier alpha value is -1.96. The van der Waals surface area contributed by atoms with Crippen LogP contribution in [0.15, 0.2) is 34.4 Å². The summed E-state index contributed by atoms with van der Waals surface area (Å²) in [6.45, 7) is 5.41. The minimum atomic E-state index is -0.261. The van der Waals surface area contributed by atoms with Gasteiger partial charge in [-0.1, -0.05) is 6.07 Å². The van der Waals surface area contributed by atoms with Crippen molar-refractivity contribution in [1.82, 2.24) is 15.2 Å². The van der Waals surface area contributed by atoms with E-state index in [-0.39, 0.29) is 17.5 Å². The number of hydrogen-bond acceptors (Lipinski definition) is 5. The van der Waals surface area contributed by atoms with Crippen molar-refractivity contribution < 1.29 is 9.53 Å². The van der Waals surface area contributed by atoms with Gasteiger partial charge in [0.1, 0.15) is 5.69 Å². The molecule has 0 bridgehead atoms. The molecule has 3 rings (SSSR count). The predicted molar refractivity (Wildman–Crippen MR) is 93.6 cm³/mol. The zero-order chi connectivity index (χ0) is 16.9. The fourth-order valence-corrected chi connectivity index (χ4v) is 3.73. The van der Waals surface area contributed by atoms with Gasteiger partial charge < -0.3 is 15.0 Å². The summed E-state index contributed by atoms with van der Waals surface area (Å²) in [5.41, 5.74) is 0.807. The van der Waals surface area contributed by atoms with Crippen LogP contribution in [-0.4, -0.2) is 48.6 Å². The molecule has 0 radical (unpaired) electrons. The number of carbonyl (C=O) groups excluding carboxylic acids is 1. The number of aromatic amines is 1. The highest BCUT2D eigenvalue weighted by molar-refractivity contribution is 7.10. The van der Waals surface area contributed by atoms with Gasteiger partial charge in [-0.05, 0) is 30.0 Å². The number of thiophene rings is 1. The minimum absolute atomic E-state index is 0.120. The molecular weight excluding hydrogens is 326 g/mol. The fraction of sp³-hybridized carbons (Fsp3) is 0.412. The second-order valence-corrected chi connectivity index (χ2v) is 6.80. The Morgan fingerprint density at radius 2 is 2.21 bits per heavy atom. The number of rotatable bonds is 5. The minimum Gasteiger partial charge on any atom is -0.379 e. The van der Waals surface area contributed by atoms with E-state index in [9.17, 15) is 9.59 Å². The standard InChI is InChI=1S/C17H21N3O3S/c1-12-9-13(19-16(21)10-12)17(22)18-11-14(15-3-2-8-24-15)20-4-6-23-7-5-20/h2-3,8-10,14H,4-7,11H2,1H3,(H,18,22)(H,19,21)/t14-/m0/s1. The molecule has 0 aliphatic carbocycles. The highest BCUT2D eigenvalue weighted by Crippen LogP contribution is 2.25. The SMILES string of the molecule is Cc1cc(C(=O)NC[C@@H](c2cccs2)N2CCOCC2)[nH]c(=O)c1. The van der Waals surface area contributed by atoms with Gasteiger partial charge in [0.25, 0.3) is 5.91 Å². The summed E-state index contributed by atoms with van der Waals surface area (Å²) in [4.78, 5) is 30.0. The zero-order valence-electron chi connectivity index (χ0n) is 13.6. The molecule has 0 saturated carbocycles. The average Bonchev–Trinajstić information content (AvgIpc) is 3.09. The monoisotopic (exact) mass is 347 g/mol. The third-order valence-corrected chi connectivity index (χ3v) is 5.02. The third-order valence-electron chi connectivity index (χ3n) is 4.05. The molecule has 0 unspecified atom stereocenters. The molecule has 1 atom stereocenters. The van der Waals surface area contributed by atoms with Gasteiger partial charge in [-0.25, -0.2) is 0 Å². The molecule has 2 aromatic heterocycles. The summed E-state index contributed by atoms with van der Waals surface area (Å²) >= 11 is 1.69. The number of H-pyrrole nitrogens is 1. The second kappa shape index (κ2) is 7.74. The quantitative estimate of drug-likeness (QED) is 0.861. The van der Waals surface area contributed by atoms with Crippen molar-refractivity contribution >= 4 is 17.2 Å². The van der Waals surface area contributed by atoms with Crippen LogP contribution in [-0.2, 0) is 4.74 Å². The van der Waals surface area contributed by atoms with Crippen molar-refractivity contribution in [3.8, 4) is 0 Å². The van der Waals surface area contributed by atoms with E-state index in [2.05, 4.69) is 21.3 Å². The van der Waals surface area contributed by atoms with Crippen LogP contribution < -0.4 is 10.9 Å². The number of nitrogens with zero attached hydrogens (tertiary/aromatic N) is 1. The Kier molecular flexibility index (Phi) is 5.44. The molecule has 2 N–H and O–H groups in total. The number of ether oxygens (including phenoxy) is 1. The highest BCUT2D eigenvalue weighted by Gasteiger charge is 2.24. The normalized spacial score (nSPS) is 16.7. The van der Waals surface area contributed by atoms with Gasteiger partial charge in [-0.15, -0.1) is 11.3 Å². The Balaban J connectivity index is 1.71. The van der Waals surface area contributed by atoms with Gasteiger partial charge in [-0.3, -0.25) is 14.5 Å². The smallest absolute Gasteiger partial charge is 0.267 e. The first-order valence-electron chi connectivity index (χ1n) is 7.98. The molecule has 128 valence electrons. The van der Waals surface area contributed by atoms with Crippen LogP contribution in [0, 0.1) is 6.92 Å². The van der Waals surface area contributed by atoms with Gasteiger partial charge in [0.05, 0.1) is 19.3 Å². The molecule has 1 amide bonds. The summed E-state index contributed by atoms with van der Waals surface area (Å²) in [5, 5.41) is 5.00. The Morgan fingerprint density at radius 1 is 1.42 bits per heavy atom. The van der Waals surface area contributed by atoms with Crippen molar-refractivity contribution in [3.05, 3.63) is 56.1 Å². The molecule has 7 heteroatoms. The van der Waals surface area contributed by atoms with Gasteiger partial charge in [-0.2, -0.15) is 0 Å². The maximum atomic E-state index is 12.4. The number of aromatic nitrogens is 1. The van der Waals surface area contributed by atoms with Gasteiger partial charge >= 0.3 is 0 Å². The molecule has 1 aliphatic heterocycles. The van der Waals surface area contributed by atoms with Crippen molar-refractivity contribution in [2.24, 2.45) is 0 Å². The number of carbonyl (C=O) groups is 1. The second-order valence-electron chi connectivity index (χ2n) is 5.83. The number of hydrogen-bond donors (Lipinski definition) is 2. The average molecular weight is 347 g/mol. The maximum absolute atomic E-state index is 12.4. The molecule has 0 aromatic carbocycles. The maximum Gasteiger partial charge on any atom is 0.267 e. The van der Waals surface area contributed by atoms with E-state index >= 15 is 0 Å². The van der Waals surface area contributed by atoms with Gasteiger partial charge in [0.15, 0.2) is 0 Å². The fourth-order valence-electron chi connectivity index (χ4n) is 2.87. The van der Waals surface area contributed by atoms with E-state index in [0.717, 1.165) is 18.7 Å². The summed E-state index contributed by atoms with van der Waals surface area (Å²) in [7, 11) is 0. The van der Waals surface area contributed by atoms with E-state index in [1.54, 1.807) is 24.3 Å². The number of pyridine rings is 1. The van der Waals surface area contributed by atoms with E-state index in [1.807, 2.05) is 11.4 Å². The van der Waals surface area contributed by atoms with E-state index < -0.39 is 0 Å². The van der Waals surface area contributed by atoms with Crippen LogP contribution in [0.4, 0.5) is 0 Å². The van der Waals surface area contributed by atoms with Crippen molar-refractivity contribution in [2.45, 2.75) is 13.0 Å². The summed E-state index contributed by atoms with van der Waals surface area (Å²) in [5.74, 6) is -0.259. The largest absolute Gasteiger partial charge is 0.379 e. The van der Waals surface area contributed by atoms with Crippen LogP contribution in [0.5, 0.6) is 0 Å². The summed E-state index contributed by atoms with van der Waals surface area (Å²) in [6.07, 6.45) is 0. The molecule has 0 spiro atoms. The first-order chi connectivity index (χ1) is 11.6. The molecule has 6 nitrogen and oxygen atoms in total. The first-order valence-corrected chi connectivity index (χ1v) is 8.86.